The standard InChI is InChI=1S/C12H27P.HI.Ni/c1-4-7-10-13(11-8-5-2)12-9-6-3;;/h4-12H2,1-3H3;1H;. The van der Waals surface area contributed by atoms with Gasteiger partial charge in [-0.05, 0) is 0 Å². The van der Waals surface area contributed by atoms with Crippen LogP contribution in [-0.2, 0) is 10.8 Å². The summed E-state index contributed by atoms with van der Waals surface area (Å²) in [6.07, 6.45) is 13.3. The molecule has 0 nitrogen and oxygen atoms in total. The van der Waals surface area contributed by atoms with Gasteiger partial charge in [-0.15, -0.1) is 0 Å². The second-order valence-electron chi connectivity index (χ2n) is 4.46. The molecule has 0 aliphatic heterocycles. The quantitative estimate of drug-likeness (QED) is 0.264. The van der Waals surface area contributed by atoms with Gasteiger partial charge in [-0.3, -0.25) is 0 Å². The van der Waals surface area contributed by atoms with Crippen molar-refractivity contribution in [2.45, 2.75) is 59.3 Å². The van der Waals surface area contributed by atoms with E-state index < -0.39 is 6.04 Å². The van der Waals surface area contributed by atoms with Gasteiger partial charge in [0, 0.05) is 0 Å². The van der Waals surface area contributed by atoms with Gasteiger partial charge in [0.1, 0.15) is 0 Å². The molecule has 0 N–H and O–H groups in total. The molecule has 0 radical (unpaired) electrons. The molecule has 0 saturated heterocycles. The molecule has 15 heavy (non-hydrogen) atoms. The van der Waals surface area contributed by atoms with Crippen LogP contribution in [0.4, 0.5) is 0 Å². The van der Waals surface area contributed by atoms with Crippen LogP contribution in [0.1, 0.15) is 59.3 Å². The van der Waals surface area contributed by atoms with E-state index in [0.717, 1.165) is 0 Å². The van der Waals surface area contributed by atoms with Gasteiger partial charge in [0.05, 0.1) is 0 Å². The molecule has 0 bridgehead atoms. The van der Waals surface area contributed by atoms with Gasteiger partial charge in [0.15, 0.2) is 0 Å². The third-order valence-corrected chi connectivity index (χ3v) is 19.3. The zero-order valence-corrected chi connectivity index (χ0v) is 14.7. The van der Waals surface area contributed by atoms with Crippen molar-refractivity contribution in [1.29, 1.82) is 0 Å². The molecule has 0 aromatic carbocycles. The van der Waals surface area contributed by atoms with Crippen LogP contribution in [0.25, 0.3) is 0 Å². The first kappa shape index (κ1) is 16.7. The Bertz CT molecular complexity index is 120. The number of halogens is 1. The van der Waals surface area contributed by atoms with Crippen LogP contribution < -0.4 is 0 Å². The van der Waals surface area contributed by atoms with Gasteiger partial charge < -0.3 is 0 Å². The Balaban J connectivity index is 4.16. The van der Waals surface area contributed by atoms with Crippen LogP contribution in [0.3, 0.4) is 0 Å². The van der Waals surface area contributed by atoms with Crippen molar-refractivity contribution in [2.24, 2.45) is 0 Å². The third kappa shape index (κ3) is 7.55. The summed E-state index contributed by atoms with van der Waals surface area (Å²) in [5.74, 6) is 0. The molecule has 0 fully saturated rings. The number of rotatable bonds is 10. The summed E-state index contributed by atoms with van der Waals surface area (Å²) in [6, 6.07) is -0.908. The van der Waals surface area contributed by atoms with Crippen molar-refractivity contribution in [3.63, 3.8) is 0 Å². The molecule has 3 heteroatoms. The summed E-state index contributed by atoms with van der Waals surface area (Å²) >= 11 is 2.62. The fourth-order valence-corrected chi connectivity index (χ4v) is 14.5. The van der Waals surface area contributed by atoms with Gasteiger partial charge in [0.25, 0.3) is 0 Å². The summed E-state index contributed by atoms with van der Waals surface area (Å²) in [6.45, 7) is 7.00. The van der Waals surface area contributed by atoms with Crippen molar-refractivity contribution in [2.75, 3.05) is 18.5 Å². The summed E-state index contributed by atoms with van der Waals surface area (Å²) in [5, 5.41) is 0. The van der Waals surface area contributed by atoms with Gasteiger partial charge in [-0.25, -0.2) is 0 Å². The summed E-state index contributed by atoms with van der Waals surface area (Å²) in [4.78, 5) is 0. The van der Waals surface area contributed by atoms with Crippen molar-refractivity contribution in [3.8, 4) is 0 Å². The predicted molar refractivity (Wildman–Crippen MR) is 81.7 cm³/mol. The monoisotopic (exact) mass is 388 g/mol. The van der Waals surface area contributed by atoms with E-state index in [4.69, 9.17) is 0 Å². The second-order valence-corrected chi connectivity index (χ2v) is 16.2. The van der Waals surface area contributed by atoms with E-state index in [1.54, 1.807) is 18.5 Å². The van der Waals surface area contributed by atoms with E-state index in [0.29, 0.717) is 0 Å². The van der Waals surface area contributed by atoms with Crippen molar-refractivity contribution >= 4 is 26.5 Å². The topological polar surface area (TPSA) is 0 Å². The van der Waals surface area contributed by atoms with Crippen LogP contribution in [0.2, 0.25) is 0 Å². The summed E-state index contributed by atoms with van der Waals surface area (Å²) in [5.41, 5.74) is 0. The van der Waals surface area contributed by atoms with Gasteiger partial charge in [0.2, 0.25) is 0 Å². The zero-order chi connectivity index (χ0) is 11.6. The average Bonchev–Trinajstić information content (AvgIpc) is 2.29. The molecule has 0 rings (SSSR count). The van der Waals surface area contributed by atoms with E-state index in [-0.39, 0.29) is 0 Å². The fraction of sp³-hybridized carbons (Fsp3) is 1.00. The van der Waals surface area contributed by atoms with E-state index in [2.05, 4.69) is 52.1 Å². The molecule has 0 amide bonds. The molecule has 0 aromatic rings. The molecule has 0 unspecified atom stereocenters. The summed E-state index contributed by atoms with van der Waals surface area (Å²) < 4.78 is 0. The van der Waals surface area contributed by atoms with E-state index in [1.165, 1.54) is 38.5 Å². The van der Waals surface area contributed by atoms with Crippen molar-refractivity contribution in [3.05, 3.63) is 0 Å². The number of hydrogen-bond donors (Lipinski definition) is 0. The predicted octanol–water partition coefficient (Wildman–Crippen LogP) is 5.48. The SMILES string of the molecule is CCCC[PH](CCCC)(CCCC)[Ni][I]. The number of hydrogen-bond acceptors (Lipinski definition) is 0. The minimum atomic E-state index is -0.908. The van der Waals surface area contributed by atoms with Crippen LogP contribution >= 0.6 is 26.5 Å². The number of unbranched alkanes of at least 4 members (excludes halogenated alkanes) is 3. The molecule has 0 aromatic heterocycles. The summed E-state index contributed by atoms with van der Waals surface area (Å²) in [7, 11) is 2.06. The first-order valence-corrected chi connectivity index (χ1v) is 13.6. The molecular formula is C12H28INiP. The molecule has 0 atom stereocenters. The molecule has 0 spiro atoms. The first-order valence-electron chi connectivity index (χ1n) is 6.46. The van der Waals surface area contributed by atoms with E-state index in [9.17, 15) is 0 Å². The van der Waals surface area contributed by atoms with Crippen LogP contribution in [0.5, 0.6) is 0 Å². The van der Waals surface area contributed by atoms with Crippen LogP contribution in [-0.4, -0.2) is 18.5 Å². The molecule has 0 aliphatic rings. The maximum atomic E-state index is 2.62. The Morgan fingerprint density at radius 1 is 0.800 bits per heavy atom. The van der Waals surface area contributed by atoms with Gasteiger partial charge in [-0.2, -0.15) is 0 Å². The Morgan fingerprint density at radius 2 is 1.13 bits per heavy atom. The normalized spacial score (nSPS) is 13.3. The Morgan fingerprint density at radius 3 is 1.33 bits per heavy atom. The minimum absolute atomic E-state index is 0.908. The first-order chi connectivity index (χ1) is 7.24. The zero-order valence-electron chi connectivity index (χ0n) is 10.6. The van der Waals surface area contributed by atoms with Gasteiger partial charge in [-0.1, -0.05) is 0 Å². The average molecular weight is 389 g/mol. The maximum absolute atomic E-state index is 2.62. The molecule has 0 aliphatic carbocycles. The van der Waals surface area contributed by atoms with Gasteiger partial charge >= 0.3 is 115 Å². The van der Waals surface area contributed by atoms with Crippen LogP contribution in [0, 0.1) is 0 Å². The second kappa shape index (κ2) is 10.8. The van der Waals surface area contributed by atoms with Crippen LogP contribution in [0.15, 0.2) is 0 Å². The molecular weight excluding hydrogens is 361 g/mol. The molecule has 0 heterocycles. The van der Waals surface area contributed by atoms with E-state index in [1.807, 2.05) is 0 Å². The van der Waals surface area contributed by atoms with Crippen molar-refractivity contribution in [1.82, 2.24) is 0 Å². The van der Waals surface area contributed by atoms with Crippen molar-refractivity contribution < 1.29 is 10.8 Å². The van der Waals surface area contributed by atoms with E-state index >= 15 is 0 Å². The fourth-order valence-electron chi connectivity index (χ4n) is 1.91. The molecule has 0 saturated carbocycles. The Kier molecular flexibility index (Phi) is 12.0. The Hall–Kier alpha value is 1.65. The molecule has 98 valence electrons. The Labute approximate surface area is 114 Å². The third-order valence-electron chi connectivity index (χ3n) is 3.02.